The number of piperidine rings is 1. The molecular formula is C21H26N4. The molecule has 4 nitrogen and oxygen atoms in total. The van der Waals surface area contributed by atoms with Crippen LogP contribution in [-0.4, -0.2) is 27.7 Å². The number of hydrogen-bond acceptors (Lipinski definition) is 3. The minimum Gasteiger partial charge on any atom is -0.356 e. The molecule has 0 radical (unpaired) electrons. The third-order valence-corrected chi connectivity index (χ3v) is 5.08. The van der Waals surface area contributed by atoms with Gasteiger partial charge in [-0.2, -0.15) is 9.61 Å². The first-order valence-electron chi connectivity index (χ1n) is 9.19. The van der Waals surface area contributed by atoms with Gasteiger partial charge in [0.1, 0.15) is 5.82 Å². The maximum absolute atomic E-state index is 4.89. The molecule has 0 spiro atoms. The van der Waals surface area contributed by atoms with Gasteiger partial charge in [-0.3, -0.25) is 0 Å². The van der Waals surface area contributed by atoms with E-state index in [1.807, 2.05) is 4.52 Å². The molecule has 4 rings (SSSR count). The molecule has 0 N–H and O–H groups in total. The zero-order chi connectivity index (χ0) is 17.6. The predicted octanol–water partition coefficient (Wildman–Crippen LogP) is 4.50. The van der Waals surface area contributed by atoms with Gasteiger partial charge < -0.3 is 4.90 Å². The normalized spacial score (nSPS) is 21.0. The van der Waals surface area contributed by atoms with Gasteiger partial charge in [0.2, 0.25) is 0 Å². The molecule has 1 saturated heterocycles. The van der Waals surface area contributed by atoms with Gasteiger partial charge >= 0.3 is 0 Å². The first-order chi connectivity index (χ1) is 12.0. The van der Waals surface area contributed by atoms with E-state index in [1.54, 1.807) is 0 Å². The van der Waals surface area contributed by atoms with Crippen molar-refractivity contribution in [3.8, 4) is 11.3 Å². The Morgan fingerprint density at radius 2 is 1.64 bits per heavy atom. The molecule has 0 saturated carbocycles. The van der Waals surface area contributed by atoms with Crippen LogP contribution < -0.4 is 4.90 Å². The molecule has 3 aromatic rings. The number of anilines is 1. The first kappa shape index (κ1) is 16.1. The fourth-order valence-electron chi connectivity index (χ4n) is 4.02. The second-order valence-electron chi connectivity index (χ2n) is 7.77. The van der Waals surface area contributed by atoms with Gasteiger partial charge in [-0.05, 0) is 32.1 Å². The average Bonchev–Trinajstić information content (AvgIpc) is 2.97. The molecule has 25 heavy (non-hydrogen) atoms. The summed E-state index contributed by atoms with van der Waals surface area (Å²) in [6, 6.07) is 12.8. The topological polar surface area (TPSA) is 33.4 Å². The maximum atomic E-state index is 4.89. The lowest BCUT2D eigenvalue weighted by molar-refractivity contribution is 0.354. The van der Waals surface area contributed by atoms with Crippen molar-refractivity contribution in [3.63, 3.8) is 0 Å². The van der Waals surface area contributed by atoms with Gasteiger partial charge in [-0.1, -0.05) is 43.7 Å². The highest BCUT2D eigenvalue weighted by Gasteiger charge is 2.24. The van der Waals surface area contributed by atoms with Crippen LogP contribution in [-0.2, 0) is 0 Å². The zero-order valence-corrected chi connectivity index (χ0v) is 15.5. The molecule has 1 aromatic carbocycles. The largest absolute Gasteiger partial charge is 0.356 e. The number of aryl methyl sites for hydroxylation is 2. The summed E-state index contributed by atoms with van der Waals surface area (Å²) < 4.78 is 2.02. The highest BCUT2D eigenvalue weighted by Crippen LogP contribution is 2.28. The standard InChI is InChI=1S/C21H26N4/c1-14-5-7-18(8-6-14)19-11-20-22-17(4)10-21(25(20)23-19)24-12-15(2)9-16(3)13-24/h5-8,10-11,15-16H,9,12-13H2,1-4H3/t15-,16-/m0/s1. The van der Waals surface area contributed by atoms with Gasteiger partial charge in [0, 0.05) is 36.5 Å². The Kier molecular flexibility index (Phi) is 3.98. The van der Waals surface area contributed by atoms with Crippen molar-refractivity contribution in [2.24, 2.45) is 11.8 Å². The molecule has 1 aliphatic heterocycles. The minimum absolute atomic E-state index is 0.708. The maximum Gasteiger partial charge on any atom is 0.158 e. The Bertz CT molecular complexity index is 884. The summed E-state index contributed by atoms with van der Waals surface area (Å²) >= 11 is 0. The summed E-state index contributed by atoms with van der Waals surface area (Å²) in [5.74, 6) is 2.58. The van der Waals surface area contributed by atoms with Crippen LogP contribution in [0.4, 0.5) is 5.82 Å². The molecule has 4 heteroatoms. The summed E-state index contributed by atoms with van der Waals surface area (Å²) in [6.45, 7) is 11.0. The molecule has 3 heterocycles. The summed E-state index contributed by atoms with van der Waals surface area (Å²) in [6.07, 6.45) is 1.30. The monoisotopic (exact) mass is 334 g/mol. The van der Waals surface area contributed by atoms with Crippen LogP contribution >= 0.6 is 0 Å². The van der Waals surface area contributed by atoms with E-state index < -0.39 is 0 Å². The molecule has 0 bridgehead atoms. The molecule has 130 valence electrons. The number of rotatable bonds is 2. The van der Waals surface area contributed by atoms with Gasteiger partial charge in [-0.15, -0.1) is 0 Å². The fraction of sp³-hybridized carbons (Fsp3) is 0.429. The summed E-state index contributed by atoms with van der Waals surface area (Å²) in [7, 11) is 0. The van der Waals surface area contributed by atoms with Crippen molar-refractivity contribution in [2.75, 3.05) is 18.0 Å². The molecule has 2 aromatic heterocycles. The number of benzene rings is 1. The van der Waals surface area contributed by atoms with Gasteiger partial charge in [0.25, 0.3) is 0 Å². The van der Waals surface area contributed by atoms with Crippen molar-refractivity contribution >= 4 is 11.5 Å². The molecule has 2 atom stereocenters. The zero-order valence-electron chi connectivity index (χ0n) is 15.5. The van der Waals surface area contributed by atoms with Crippen molar-refractivity contribution in [2.45, 2.75) is 34.1 Å². The number of fused-ring (bicyclic) bond motifs is 1. The summed E-state index contributed by atoms with van der Waals surface area (Å²) in [5, 5.41) is 4.89. The van der Waals surface area contributed by atoms with E-state index in [0.717, 1.165) is 35.7 Å². The summed E-state index contributed by atoms with van der Waals surface area (Å²) in [5.41, 5.74) is 5.36. The van der Waals surface area contributed by atoms with Crippen LogP contribution in [0.25, 0.3) is 16.9 Å². The predicted molar refractivity (Wildman–Crippen MR) is 103 cm³/mol. The van der Waals surface area contributed by atoms with Crippen LogP contribution in [0.15, 0.2) is 36.4 Å². The lowest BCUT2D eigenvalue weighted by Gasteiger charge is -2.36. The SMILES string of the molecule is Cc1ccc(-c2cc3nc(C)cc(N4C[C@@H](C)C[C@H](C)C4)n3n2)cc1. The summed E-state index contributed by atoms with van der Waals surface area (Å²) in [4.78, 5) is 7.19. The van der Waals surface area contributed by atoms with Crippen molar-refractivity contribution < 1.29 is 0 Å². The van der Waals surface area contributed by atoms with E-state index in [4.69, 9.17) is 10.1 Å². The molecule has 1 fully saturated rings. The Labute approximate surface area is 149 Å². The smallest absolute Gasteiger partial charge is 0.158 e. The second-order valence-corrected chi connectivity index (χ2v) is 7.77. The number of hydrogen-bond donors (Lipinski definition) is 0. The lowest BCUT2D eigenvalue weighted by Crippen LogP contribution is -2.39. The number of nitrogens with zero attached hydrogens (tertiary/aromatic N) is 4. The Morgan fingerprint density at radius 1 is 0.960 bits per heavy atom. The Hall–Kier alpha value is -2.36. The van der Waals surface area contributed by atoms with E-state index in [1.165, 1.54) is 17.8 Å². The van der Waals surface area contributed by atoms with E-state index >= 15 is 0 Å². The van der Waals surface area contributed by atoms with Crippen molar-refractivity contribution in [1.82, 2.24) is 14.6 Å². The molecule has 0 unspecified atom stereocenters. The molecule has 0 amide bonds. The third kappa shape index (κ3) is 3.13. The molecule has 0 aliphatic carbocycles. The number of aromatic nitrogens is 3. The highest BCUT2D eigenvalue weighted by molar-refractivity contribution is 5.66. The highest BCUT2D eigenvalue weighted by atomic mass is 15.4. The van der Waals surface area contributed by atoms with Gasteiger partial charge in [0.15, 0.2) is 5.65 Å². The minimum atomic E-state index is 0.708. The quantitative estimate of drug-likeness (QED) is 0.692. The van der Waals surface area contributed by atoms with Crippen molar-refractivity contribution in [1.29, 1.82) is 0 Å². The van der Waals surface area contributed by atoms with Crippen molar-refractivity contribution in [3.05, 3.63) is 47.7 Å². The lowest BCUT2D eigenvalue weighted by atomic mass is 9.92. The van der Waals surface area contributed by atoms with Crippen LogP contribution in [0, 0.1) is 25.7 Å². The van der Waals surface area contributed by atoms with E-state index in [2.05, 4.69) is 69.0 Å². The average molecular weight is 334 g/mol. The van der Waals surface area contributed by atoms with E-state index in [9.17, 15) is 0 Å². The van der Waals surface area contributed by atoms with Crippen LogP contribution in [0.1, 0.15) is 31.5 Å². The van der Waals surface area contributed by atoms with E-state index in [-0.39, 0.29) is 0 Å². The van der Waals surface area contributed by atoms with Gasteiger partial charge in [-0.25, -0.2) is 4.98 Å². The Morgan fingerprint density at radius 3 is 2.32 bits per heavy atom. The van der Waals surface area contributed by atoms with Crippen LogP contribution in [0.2, 0.25) is 0 Å². The molecular weight excluding hydrogens is 308 g/mol. The Balaban J connectivity index is 1.80. The second kappa shape index (κ2) is 6.17. The van der Waals surface area contributed by atoms with E-state index in [0.29, 0.717) is 11.8 Å². The van der Waals surface area contributed by atoms with Crippen LogP contribution in [0.5, 0.6) is 0 Å². The molecule has 1 aliphatic rings. The van der Waals surface area contributed by atoms with Crippen LogP contribution in [0.3, 0.4) is 0 Å². The third-order valence-electron chi connectivity index (χ3n) is 5.08. The fourth-order valence-corrected chi connectivity index (χ4v) is 4.02. The first-order valence-corrected chi connectivity index (χ1v) is 9.19. The van der Waals surface area contributed by atoms with Gasteiger partial charge in [0.05, 0.1) is 5.69 Å².